The van der Waals surface area contributed by atoms with Crippen LogP contribution in [0.15, 0.2) is 0 Å². The topological polar surface area (TPSA) is 52.9 Å². The Morgan fingerprint density at radius 1 is 1.12 bits per heavy atom. The molecule has 2 N–H and O–H groups in total. The van der Waals surface area contributed by atoms with E-state index in [1.807, 2.05) is 0 Å². The highest BCUT2D eigenvalue weighted by atomic mass is 32.1. The van der Waals surface area contributed by atoms with Crippen molar-refractivity contribution in [1.29, 1.82) is 0 Å². The first-order chi connectivity index (χ1) is 7.76. The van der Waals surface area contributed by atoms with Crippen molar-refractivity contribution in [3.63, 3.8) is 0 Å². The van der Waals surface area contributed by atoms with Crippen LogP contribution in [0.1, 0.15) is 12.8 Å². The minimum absolute atomic E-state index is 0.138. The number of aliphatic hydroxyl groups is 2. The van der Waals surface area contributed by atoms with Gasteiger partial charge in [-0.05, 0) is 24.0 Å². The molecular weight excluding hydrogens is 226 g/mol. The number of ether oxygens (including phenoxy) is 1. The minimum Gasteiger partial charge on any atom is -0.395 e. The van der Waals surface area contributed by atoms with E-state index in [1.54, 1.807) is 0 Å². The molecule has 0 spiro atoms. The second-order valence-corrected chi connectivity index (χ2v) is 4.81. The lowest BCUT2D eigenvalue weighted by molar-refractivity contribution is 0.00307. The van der Waals surface area contributed by atoms with E-state index < -0.39 is 0 Å². The molecule has 0 radical (unpaired) electrons. The highest BCUT2D eigenvalue weighted by Crippen LogP contribution is 2.32. The van der Waals surface area contributed by atoms with E-state index in [0.717, 1.165) is 38.4 Å². The summed E-state index contributed by atoms with van der Waals surface area (Å²) >= 11 is 4.45. The first-order valence-electron chi connectivity index (χ1n) is 5.89. The van der Waals surface area contributed by atoms with Gasteiger partial charge in [-0.25, -0.2) is 0 Å². The van der Waals surface area contributed by atoms with Crippen LogP contribution >= 0.6 is 12.6 Å². The molecule has 1 heterocycles. The van der Waals surface area contributed by atoms with Crippen molar-refractivity contribution < 1.29 is 14.9 Å². The zero-order chi connectivity index (χ0) is 11.9. The predicted octanol–water partition coefficient (Wildman–Crippen LogP) is -0.000400. The van der Waals surface area contributed by atoms with Gasteiger partial charge in [0, 0.05) is 32.8 Å². The van der Waals surface area contributed by atoms with Gasteiger partial charge in [0.15, 0.2) is 0 Å². The highest BCUT2D eigenvalue weighted by Gasteiger charge is 2.32. The zero-order valence-corrected chi connectivity index (χ0v) is 10.7. The van der Waals surface area contributed by atoms with E-state index in [9.17, 15) is 0 Å². The fourth-order valence-electron chi connectivity index (χ4n) is 2.20. The van der Waals surface area contributed by atoms with Crippen LogP contribution < -0.4 is 0 Å². The molecule has 0 aromatic heterocycles. The third-order valence-corrected chi connectivity index (χ3v) is 3.95. The maximum atomic E-state index is 8.98. The maximum Gasteiger partial charge on any atom is 0.0558 e. The van der Waals surface area contributed by atoms with Crippen molar-refractivity contribution >= 4 is 12.6 Å². The van der Waals surface area contributed by atoms with Crippen molar-refractivity contribution in [2.45, 2.75) is 12.8 Å². The average Bonchev–Trinajstić information content (AvgIpc) is 2.31. The van der Waals surface area contributed by atoms with Crippen LogP contribution in [0, 0.1) is 5.41 Å². The number of aliphatic hydroxyl groups excluding tert-OH is 2. The summed E-state index contributed by atoms with van der Waals surface area (Å²) < 4.78 is 5.38. The molecule has 1 fully saturated rings. The Hall–Kier alpha value is 0.190. The Balaban J connectivity index is 2.50. The number of hydrogen-bond acceptors (Lipinski definition) is 5. The molecule has 1 aliphatic heterocycles. The largest absolute Gasteiger partial charge is 0.395 e. The van der Waals surface area contributed by atoms with Gasteiger partial charge in [0.25, 0.3) is 0 Å². The van der Waals surface area contributed by atoms with E-state index in [2.05, 4.69) is 17.5 Å². The molecular formula is C11H23NO3S. The number of thiol groups is 1. The number of rotatable bonds is 7. The Labute approximate surface area is 103 Å². The monoisotopic (exact) mass is 249 g/mol. The van der Waals surface area contributed by atoms with E-state index in [0.29, 0.717) is 13.1 Å². The molecule has 5 heteroatoms. The van der Waals surface area contributed by atoms with E-state index >= 15 is 0 Å². The molecule has 1 rings (SSSR count). The second-order valence-electron chi connectivity index (χ2n) is 4.49. The molecule has 96 valence electrons. The highest BCUT2D eigenvalue weighted by molar-refractivity contribution is 7.80. The summed E-state index contributed by atoms with van der Waals surface area (Å²) in [5.41, 5.74) is 0.186. The van der Waals surface area contributed by atoms with Crippen LogP contribution in [0.4, 0.5) is 0 Å². The van der Waals surface area contributed by atoms with Crippen LogP contribution in [0.5, 0.6) is 0 Å². The molecule has 4 nitrogen and oxygen atoms in total. The lowest BCUT2D eigenvalue weighted by Crippen LogP contribution is -2.44. The molecule has 0 bridgehead atoms. The standard InChI is InChI=1S/C11H23NO3S/c13-5-3-12(4-6-14)9-11(10-16)1-7-15-8-2-11/h13-14,16H,1-10H2. The SMILES string of the molecule is OCCN(CCO)CC1(CS)CCOCC1. The summed E-state index contributed by atoms with van der Waals surface area (Å²) in [4.78, 5) is 2.11. The first-order valence-corrected chi connectivity index (χ1v) is 6.52. The molecule has 0 amide bonds. The normalized spacial score (nSPS) is 20.2. The average molecular weight is 249 g/mol. The molecule has 0 unspecified atom stereocenters. The Morgan fingerprint density at radius 3 is 2.12 bits per heavy atom. The molecule has 16 heavy (non-hydrogen) atoms. The van der Waals surface area contributed by atoms with E-state index in [-0.39, 0.29) is 18.6 Å². The van der Waals surface area contributed by atoms with Gasteiger partial charge in [-0.3, -0.25) is 4.90 Å². The predicted molar refractivity (Wildman–Crippen MR) is 67.0 cm³/mol. The van der Waals surface area contributed by atoms with Crippen molar-refractivity contribution in [3.05, 3.63) is 0 Å². The quantitative estimate of drug-likeness (QED) is 0.556. The van der Waals surface area contributed by atoms with Crippen molar-refractivity contribution in [2.24, 2.45) is 5.41 Å². The third kappa shape index (κ3) is 4.22. The first kappa shape index (κ1) is 14.3. The lowest BCUT2D eigenvalue weighted by Gasteiger charge is -2.39. The van der Waals surface area contributed by atoms with Crippen LogP contribution in [0.25, 0.3) is 0 Å². The van der Waals surface area contributed by atoms with Gasteiger partial charge in [0.05, 0.1) is 13.2 Å². The minimum atomic E-state index is 0.138. The van der Waals surface area contributed by atoms with Gasteiger partial charge in [0.1, 0.15) is 0 Å². The van der Waals surface area contributed by atoms with Gasteiger partial charge >= 0.3 is 0 Å². The lowest BCUT2D eigenvalue weighted by atomic mass is 9.81. The van der Waals surface area contributed by atoms with Crippen molar-refractivity contribution in [3.8, 4) is 0 Å². The maximum absolute atomic E-state index is 8.98. The van der Waals surface area contributed by atoms with Crippen LogP contribution in [0.2, 0.25) is 0 Å². The molecule has 1 aliphatic rings. The second kappa shape index (κ2) is 7.50. The molecule has 0 atom stereocenters. The van der Waals surface area contributed by atoms with E-state index in [1.165, 1.54) is 0 Å². The molecule has 0 saturated carbocycles. The zero-order valence-electron chi connectivity index (χ0n) is 9.77. The van der Waals surface area contributed by atoms with Crippen LogP contribution in [0.3, 0.4) is 0 Å². The summed E-state index contributed by atoms with van der Waals surface area (Å²) in [5.74, 6) is 0.837. The summed E-state index contributed by atoms with van der Waals surface area (Å²) in [5, 5.41) is 18.0. The van der Waals surface area contributed by atoms with Crippen LogP contribution in [-0.2, 0) is 4.74 Å². The number of hydrogen-bond donors (Lipinski definition) is 3. The summed E-state index contributed by atoms with van der Waals surface area (Å²) in [6, 6.07) is 0. The Kier molecular flexibility index (Phi) is 6.68. The Bertz CT molecular complexity index is 180. The molecule has 0 aliphatic carbocycles. The Morgan fingerprint density at radius 2 is 1.69 bits per heavy atom. The summed E-state index contributed by atoms with van der Waals surface area (Å²) in [6.07, 6.45) is 2.04. The summed E-state index contributed by atoms with van der Waals surface area (Å²) in [6.45, 7) is 4.01. The molecule has 0 aromatic carbocycles. The molecule has 0 aromatic rings. The van der Waals surface area contributed by atoms with E-state index in [4.69, 9.17) is 14.9 Å². The van der Waals surface area contributed by atoms with Crippen LogP contribution in [-0.4, -0.2) is 66.9 Å². The smallest absolute Gasteiger partial charge is 0.0558 e. The molecule has 1 saturated heterocycles. The third-order valence-electron chi connectivity index (χ3n) is 3.28. The fourth-order valence-corrected chi connectivity index (χ4v) is 2.61. The van der Waals surface area contributed by atoms with Crippen molar-refractivity contribution in [1.82, 2.24) is 4.90 Å². The van der Waals surface area contributed by atoms with Gasteiger partial charge < -0.3 is 14.9 Å². The fraction of sp³-hybridized carbons (Fsp3) is 1.00. The summed E-state index contributed by atoms with van der Waals surface area (Å²) in [7, 11) is 0. The van der Waals surface area contributed by atoms with Gasteiger partial charge in [-0.2, -0.15) is 12.6 Å². The van der Waals surface area contributed by atoms with Gasteiger partial charge in [-0.15, -0.1) is 0 Å². The van der Waals surface area contributed by atoms with Crippen molar-refractivity contribution in [2.75, 3.05) is 51.8 Å². The van der Waals surface area contributed by atoms with Gasteiger partial charge in [-0.1, -0.05) is 0 Å². The van der Waals surface area contributed by atoms with Gasteiger partial charge in [0.2, 0.25) is 0 Å². The number of nitrogens with zero attached hydrogens (tertiary/aromatic N) is 1.